The molecule has 0 spiro atoms. The maximum Gasteiger partial charge on any atom is 0.410 e. The zero-order chi connectivity index (χ0) is 19.9. The predicted molar refractivity (Wildman–Crippen MR) is 94.3 cm³/mol. The Morgan fingerprint density at radius 1 is 1.22 bits per heavy atom. The maximum atomic E-state index is 12.5. The molecule has 27 heavy (non-hydrogen) atoms. The van der Waals surface area contributed by atoms with E-state index in [1.165, 1.54) is 9.80 Å². The predicted octanol–water partition coefficient (Wildman–Crippen LogP) is 0.995. The number of nitrogens with one attached hydrogen (secondary N) is 2. The number of ether oxygens (including phenoxy) is 1. The first-order valence-corrected chi connectivity index (χ1v) is 9.23. The van der Waals surface area contributed by atoms with Crippen molar-refractivity contribution in [2.75, 3.05) is 19.6 Å². The second-order valence-corrected chi connectivity index (χ2v) is 8.34. The van der Waals surface area contributed by atoms with Gasteiger partial charge in [-0.2, -0.15) is 0 Å². The largest absolute Gasteiger partial charge is 0.444 e. The topological polar surface area (TPSA) is 126 Å². The van der Waals surface area contributed by atoms with Gasteiger partial charge in [0.2, 0.25) is 5.91 Å². The van der Waals surface area contributed by atoms with Crippen LogP contribution < -0.4 is 5.32 Å². The molecule has 3 fully saturated rings. The molecule has 0 aliphatic carbocycles. The average molecular weight is 381 g/mol. The van der Waals surface area contributed by atoms with Gasteiger partial charge in [-0.1, -0.05) is 0 Å². The molecule has 4 amide bonds. The van der Waals surface area contributed by atoms with Crippen molar-refractivity contribution in [2.24, 2.45) is 5.92 Å². The molecule has 3 N–H and O–H groups in total. The number of hydroxylamine groups is 2. The number of urea groups is 1. The van der Waals surface area contributed by atoms with E-state index in [0.717, 1.165) is 0 Å². The number of likely N-dealkylation sites (tertiary alicyclic amines) is 1. The number of carbonyl (C=O) groups is 3. The van der Waals surface area contributed by atoms with Crippen LogP contribution in [-0.2, 0) is 9.53 Å². The zero-order valence-corrected chi connectivity index (χ0v) is 15.9. The first kappa shape index (κ1) is 19.4. The van der Waals surface area contributed by atoms with Crippen LogP contribution in [-0.4, -0.2) is 81.3 Å². The van der Waals surface area contributed by atoms with Gasteiger partial charge in [-0.15, -0.1) is 0 Å². The summed E-state index contributed by atoms with van der Waals surface area (Å²) in [4.78, 5) is 39.5. The molecule has 3 aliphatic rings. The van der Waals surface area contributed by atoms with Crippen LogP contribution in [0.4, 0.5) is 9.59 Å². The minimum Gasteiger partial charge on any atom is -0.444 e. The van der Waals surface area contributed by atoms with Gasteiger partial charge in [0.1, 0.15) is 11.4 Å². The Labute approximate surface area is 157 Å². The van der Waals surface area contributed by atoms with E-state index in [1.54, 1.807) is 20.8 Å². The SMILES string of the molecule is CC(C)(C)OC(=O)N1CC[C@@H](C(=O)NC(=N)[C@@H]2CC[C@@H]3CN2C(=O)N3O)C1. The molecule has 3 rings (SSSR count). The zero-order valence-electron chi connectivity index (χ0n) is 15.9. The average Bonchev–Trinajstić information content (AvgIpc) is 3.15. The first-order valence-electron chi connectivity index (χ1n) is 9.23. The van der Waals surface area contributed by atoms with Crippen molar-refractivity contribution in [3.8, 4) is 0 Å². The van der Waals surface area contributed by atoms with E-state index in [9.17, 15) is 19.6 Å². The number of nitrogens with zero attached hydrogens (tertiary/aromatic N) is 3. The minimum atomic E-state index is -0.596. The van der Waals surface area contributed by atoms with Crippen molar-refractivity contribution in [1.29, 1.82) is 5.41 Å². The van der Waals surface area contributed by atoms with Crippen molar-refractivity contribution >= 4 is 23.9 Å². The van der Waals surface area contributed by atoms with Crippen molar-refractivity contribution in [1.82, 2.24) is 20.2 Å². The van der Waals surface area contributed by atoms with Crippen LogP contribution in [0.15, 0.2) is 0 Å². The summed E-state index contributed by atoms with van der Waals surface area (Å²) in [5.41, 5.74) is -0.596. The second kappa shape index (κ2) is 6.99. The summed E-state index contributed by atoms with van der Waals surface area (Å²) in [5, 5.41) is 21.2. The summed E-state index contributed by atoms with van der Waals surface area (Å²) in [6.07, 6.45) is 1.15. The molecule has 0 radical (unpaired) electrons. The highest BCUT2D eigenvalue weighted by molar-refractivity contribution is 6.02. The van der Waals surface area contributed by atoms with E-state index >= 15 is 0 Å². The molecule has 2 bridgehead atoms. The molecule has 10 nitrogen and oxygen atoms in total. The third kappa shape index (κ3) is 4.00. The molecule has 3 atom stereocenters. The molecule has 0 saturated carbocycles. The summed E-state index contributed by atoms with van der Waals surface area (Å²) in [5.74, 6) is -0.795. The number of hydrogen-bond donors (Lipinski definition) is 3. The van der Waals surface area contributed by atoms with Gasteiger partial charge in [0.05, 0.1) is 18.0 Å². The lowest BCUT2D eigenvalue weighted by Gasteiger charge is -2.31. The van der Waals surface area contributed by atoms with Gasteiger partial charge in [0.25, 0.3) is 0 Å². The van der Waals surface area contributed by atoms with Crippen LogP contribution in [0.2, 0.25) is 0 Å². The normalized spacial score (nSPS) is 27.8. The lowest BCUT2D eigenvalue weighted by atomic mass is 9.99. The number of carbonyl (C=O) groups excluding carboxylic acids is 3. The van der Waals surface area contributed by atoms with E-state index < -0.39 is 29.7 Å². The molecule has 0 aromatic heterocycles. The van der Waals surface area contributed by atoms with E-state index in [1.807, 2.05) is 0 Å². The Morgan fingerprint density at radius 2 is 1.93 bits per heavy atom. The number of rotatable bonds is 2. The van der Waals surface area contributed by atoms with Crippen LogP contribution in [0.1, 0.15) is 40.0 Å². The van der Waals surface area contributed by atoms with E-state index in [-0.39, 0.29) is 24.3 Å². The fraction of sp³-hybridized carbons (Fsp3) is 0.765. The Kier molecular flexibility index (Phi) is 5.02. The third-order valence-corrected chi connectivity index (χ3v) is 5.15. The molecule has 0 unspecified atom stereocenters. The minimum absolute atomic E-state index is 0.0437. The third-order valence-electron chi connectivity index (χ3n) is 5.15. The van der Waals surface area contributed by atoms with Crippen LogP contribution in [0.3, 0.4) is 0 Å². The Balaban J connectivity index is 1.53. The molecule has 3 saturated heterocycles. The van der Waals surface area contributed by atoms with Crippen molar-refractivity contribution < 1.29 is 24.3 Å². The summed E-state index contributed by atoms with van der Waals surface area (Å²) >= 11 is 0. The van der Waals surface area contributed by atoms with Gasteiger partial charge < -0.3 is 19.9 Å². The summed E-state index contributed by atoms with van der Waals surface area (Å²) in [7, 11) is 0. The van der Waals surface area contributed by atoms with Crippen LogP contribution in [0.5, 0.6) is 0 Å². The number of piperidine rings is 1. The number of fused-ring (bicyclic) bond motifs is 2. The lowest BCUT2D eigenvalue weighted by molar-refractivity contribution is -0.123. The maximum absolute atomic E-state index is 12.5. The highest BCUT2D eigenvalue weighted by Crippen LogP contribution is 2.28. The number of hydrogen-bond acceptors (Lipinski definition) is 6. The molecule has 0 aromatic carbocycles. The molecular formula is C17H27N5O5. The molecule has 3 heterocycles. The number of amides is 4. The van der Waals surface area contributed by atoms with Crippen molar-refractivity contribution in [3.63, 3.8) is 0 Å². The molecule has 3 aliphatic heterocycles. The van der Waals surface area contributed by atoms with Crippen LogP contribution >= 0.6 is 0 Å². The fourth-order valence-electron chi connectivity index (χ4n) is 3.74. The molecule has 10 heteroatoms. The highest BCUT2D eigenvalue weighted by atomic mass is 16.6. The monoisotopic (exact) mass is 381 g/mol. The number of amidine groups is 1. The van der Waals surface area contributed by atoms with Gasteiger partial charge in [-0.3, -0.25) is 15.4 Å². The first-order chi connectivity index (χ1) is 12.6. The van der Waals surface area contributed by atoms with E-state index in [2.05, 4.69) is 5.32 Å². The van der Waals surface area contributed by atoms with Gasteiger partial charge in [-0.05, 0) is 40.0 Å². The van der Waals surface area contributed by atoms with E-state index in [4.69, 9.17) is 10.1 Å². The fourth-order valence-corrected chi connectivity index (χ4v) is 3.74. The molecule has 0 aromatic rings. The quantitative estimate of drug-likeness (QED) is 0.374. The van der Waals surface area contributed by atoms with Gasteiger partial charge in [-0.25, -0.2) is 14.7 Å². The van der Waals surface area contributed by atoms with E-state index in [0.29, 0.717) is 37.4 Å². The summed E-state index contributed by atoms with van der Waals surface area (Å²) < 4.78 is 5.32. The van der Waals surface area contributed by atoms with Gasteiger partial charge in [0, 0.05) is 19.6 Å². The molecular weight excluding hydrogens is 354 g/mol. The summed E-state index contributed by atoms with van der Waals surface area (Å²) in [6, 6.07) is -1.31. The molecule has 150 valence electrons. The van der Waals surface area contributed by atoms with Gasteiger partial charge in [0.15, 0.2) is 0 Å². The second-order valence-electron chi connectivity index (χ2n) is 8.34. The lowest BCUT2D eigenvalue weighted by Crippen LogP contribution is -2.51. The van der Waals surface area contributed by atoms with Crippen molar-refractivity contribution in [3.05, 3.63) is 0 Å². The highest BCUT2D eigenvalue weighted by Gasteiger charge is 2.46. The standard InChI is InChI=1S/C17H27N5O5/c1-17(2,3)27-16(25)20-7-6-10(8-20)14(23)19-13(18)12-5-4-11-9-21(12)15(24)22(11)26/h10-12,26H,4-9H2,1-3H3,(H2,18,19,23)/t10-,11-,12+/m1/s1. The smallest absolute Gasteiger partial charge is 0.410 e. The summed E-state index contributed by atoms with van der Waals surface area (Å²) in [6.45, 7) is 6.38. The van der Waals surface area contributed by atoms with Gasteiger partial charge >= 0.3 is 12.1 Å². The van der Waals surface area contributed by atoms with Crippen LogP contribution in [0, 0.1) is 11.3 Å². The van der Waals surface area contributed by atoms with Crippen molar-refractivity contribution in [2.45, 2.75) is 57.7 Å². The Hall–Kier alpha value is -2.36. The Bertz CT molecular complexity index is 661. The van der Waals surface area contributed by atoms with Crippen LogP contribution in [0.25, 0.3) is 0 Å². The Morgan fingerprint density at radius 3 is 2.59 bits per heavy atom.